The molecule has 10 nitrogen and oxygen atoms in total. The normalized spacial score (nSPS) is 17.4. The van der Waals surface area contributed by atoms with Gasteiger partial charge in [0.25, 0.3) is 5.91 Å². The molecule has 0 saturated heterocycles. The number of anilines is 1. The molecule has 1 aliphatic heterocycles. The lowest BCUT2D eigenvalue weighted by molar-refractivity contribution is -0.137. The Balaban J connectivity index is 1.75. The third-order valence-electron chi connectivity index (χ3n) is 6.45. The number of hydrogen-bond donors (Lipinski definition) is 1. The van der Waals surface area contributed by atoms with Crippen LogP contribution in [0.1, 0.15) is 62.6 Å². The van der Waals surface area contributed by atoms with Crippen molar-refractivity contribution < 1.29 is 33.4 Å². The number of rotatable bonds is 10. The third kappa shape index (κ3) is 6.74. The van der Waals surface area contributed by atoms with Crippen molar-refractivity contribution in [2.24, 2.45) is 5.41 Å². The Kier molecular flexibility index (Phi) is 9.00. The lowest BCUT2D eigenvalue weighted by Gasteiger charge is -2.31. The maximum atomic E-state index is 14.1. The Morgan fingerprint density at radius 1 is 1.12 bits per heavy atom. The number of ether oxygens (including phenoxy) is 3. The zero-order chi connectivity index (χ0) is 29.0. The molecule has 0 spiro atoms. The molecule has 0 radical (unpaired) electrons. The molecule has 0 aliphatic carbocycles. The van der Waals surface area contributed by atoms with Gasteiger partial charge in [-0.05, 0) is 36.1 Å². The van der Waals surface area contributed by atoms with Gasteiger partial charge in [-0.3, -0.25) is 9.59 Å². The minimum absolute atomic E-state index is 0.113. The van der Waals surface area contributed by atoms with E-state index in [9.17, 15) is 9.59 Å². The first kappa shape index (κ1) is 29.4. The number of methoxy groups -OCH3 is 2. The fourth-order valence-electron chi connectivity index (χ4n) is 4.73. The molecule has 4 rings (SSSR count). The zero-order valence-corrected chi connectivity index (χ0v) is 24.0. The second kappa shape index (κ2) is 12.3. The highest BCUT2D eigenvalue weighted by molar-refractivity contribution is 6.30. The van der Waals surface area contributed by atoms with Crippen LogP contribution in [0.4, 0.5) is 5.69 Å². The molecule has 2 unspecified atom stereocenters. The van der Waals surface area contributed by atoms with Gasteiger partial charge in [-0.25, -0.2) is 0 Å². The molecule has 2 aromatic carbocycles. The number of halogens is 1. The number of nitrogens with zero attached hydrogens (tertiary/aromatic N) is 3. The summed E-state index contributed by atoms with van der Waals surface area (Å²) in [5.74, 6) is 0.497. The van der Waals surface area contributed by atoms with Crippen LogP contribution in [0.3, 0.4) is 0 Å². The minimum Gasteiger partial charge on any atom is -0.493 e. The quantitative estimate of drug-likeness (QED) is 0.347. The van der Waals surface area contributed by atoms with Crippen LogP contribution >= 0.6 is 11.6 Å². The molecule has 0 bridgehead atoms. The van der Waals surface area contributed by atoms with Gasteiger partial charge in [-0.2, -0.15) is 4.98 Å². The summed E-state index contributed by atoms with van der Waals surface area (Å²) < 4.78 is 23.1. The molecule has 1 aromatic heterocycles. The summed E-state index contributed by atoms with van der Waals surface area (Å²) in [5, 5.41) is 13.4. The summed E-state index contributed by atoms with van der Waals surface area (Å²) in [4.78, 5) is 31.1. The Morgan fingerprint density at radius 3 is 2.58 bits per heavy atom. The standard InChI is InChI=1S/C29H34ClN3O7/c1-29(2,3)16-33-20-10-9-17(30)15-19(20)26(18-7-6-8-21(37-4)27(18)38-5)39-22(28(33)36)11-12-23-31-24(40-32-23)13-14-25(34)35/h6-10,15,22,26H,11-14,16H2,1-5H3,(H,34,35). The Hall–Kier alpha value is -3.63. The van der Waals surface area contributed by atoms with Crippen LogP contribution in [-0.2, 0) is 27.2 Å². The zero-order valence-electron chi connectivity index (χ0n) is 23.3. The van der Waals surface area contributed by atoms with E-state index in [4.69, 9.17) is 35.4 Å². The maximum absolute atomic E-state index is 14.1. The van der Waals surface area contributed by atoms with E-state index in [1.807, 2.05) is 24.3 Å². The molecule has 2 atom stereocenters. The molecule has 11 heteroatoms. The Morgan fingerprint density at radius 2 is 1.90 bits per heavy atom. The number of amides is 1. The molecule has 1 N–H and O–H groups in total. The van der Waals surface area contributed by atoms with Gasteiger partial charge in [-0.15, -0.1) is 0 Å². The fourth-order valence-corrected chi connectivity index (χ4v) is 4.91. The number of aliphatic carboxylic acids is 1. The van der Waals surface area contributed by atoms with Crippen LogP contribution in [0.2, 0.25) is 5.02 Å². The van der Waals surface area contributed by atoms with Crippen molar-refractivity contribution in [3.63, 3.8) is 0 Å². The van der Waals surface area contributed by atoms with Crippen molar-refractivity contribution in [3.8, 4) is 11.5 Å². The molecule has 3 aromatic rings. The first-order valence-corrected chi connectivity index (χ1v) is 13.4. The highest BCUT2D eigenvalue weighted by atomic mass is 35.5. The van der Waals surface area contributed by atoms with Crippen LogP contribution < -0.4 is 14.4 Å². The number of fused-ring (bicyclic) bond motifs is 1. The van der Waals surface area contributed by atoms with Crippen LogP contribution in [-0.4, -0.2) is 54.0 Å². The van der Waals surface area contributed by atoms with Gasteiger partial charge in [0.2, 0.25) is 5.89 Å². The van der Waals surface area contributed by atoms with Crippen LogP contribution in [0, 0.1) is 5.41 Å². The van der Waals surface area contributed by atoms with E-state index >= 15 is 0 Å². The number of hydrogen-bond acceptors (Lipinski definition) is 8. The maximum Gasteiger partial charge on any atom is 0.303 e. The molecule has 0 fully saturated rings. The molecule has 214 valence electrons. The third-order valence-corrected chi connectivity index (χ3v) is 6.68. The van der Waals surface area contributed by atoms with Gasteiger partial charge >= 0.3 is 5.97 Å². The Bertz CT molecular complexity index is 1370. The second-order valence-electron chi connectivity index (χ2n) is 10.8. The number of benzene rings is 2. The van der Waals surface area contributed by atoms with E-state index < -0.39 is 18.2 Å². The van der Waals surface area contributed by atoms with Gasteiger partial charge in [0.1, 0.15) is 12.2 Å². The number of carbonyl (C=O) groups is 2. The number of para-hydroxylation sites is 1. The summed E-state index contributed by atoms with van der Waals surface area (Å²) in [7, 11) is 3.12. The summed E-state index contributed by atoms with van der Waals surface area (Å²) in [5.41, 5.74) is 1.92. The highest BCUT2D eigenvalue weighted by Gasteiger charge is 2.39. The fraction of sp³-hybridized carbons (Fsp3) is 0.448. The largest absolute Gasteiger partial charge is 0.493 e. The van der Waals surface area contributed by atoms with Crippen LogP contribution in [0.15, 0.2) is 40.9 Å². The van der Waals surface area contributed by atoms with Crippen molar-refractivity contribution in [1.29, 1.82) is 0 Å². The van der Waals surface area contributed by atoms with Gasteiger partial charge in [0.05, 0.1) is 20.6 Å². The van der Waals surface area contributed by atoms with Crippen molar-refractivity contribution >= 4 is 29.2 Å². The molecule has 2 heterocycles. The van der Waals surface area contributed by atoms with Gasteiger partial charge < -0.3 is 28.7 Å². The first-order chi connectivity index (χ1) is 19.0. The predicted molar refractivity (Wildman–Crippen MR) is 148 cm³/mol. The molecule has 0 saturated carbocycles. The van der Waals surface area contributed by atoms with Crippen LogP contribution in [0.25, 0.3) is 0 Å². The van der Waals surface area contributed by atoms with E-state index in [1.54, 1.807) is 31.3 Å². The average molecular weight is 572 g/mol. The number of carboxylic acids is 1. The Labute approximate surface area is 238 Å². The predicted octanol–water partition coefficient (Wildman–Crippen LogP) is 5.26. The minimum atomic E-state index is -0.949. The van der Waals surface area contributed by atoms with Gasteiger partial charge in [0.15, 0.2) is 17.3 Å². The van der Waals surface area contributed by atoms with Crippen molar-refractivity contribution in [3.05, 3.63) is 64.3 Å². The van der Waals surface area contributed by atoms with Crippen molar-refractivity contribution in [2.75, 3.05) is 25.7 Å². The lowest BCUT2D eigenvalue weighted by Crippen LogP contribution is -2.43. The summed E-state index contributed by atoms with van der Waals surface area (Å²) in [6, 6.07) is 11.0. The van der Waals surface area contributed by atoms with Crippen molar-refractivity contribution in [2.45, 2.75) is 58.7 Å². The first-order valence-electron chi connectivity index (χ1n) is 13.0. The average Bonchev–Trinajstić information content (AvgIpc) is 3.33. The number of aryl methyl sites for hydroxylation is 2. The number of carboxylic acid groups (broad SMARTS) is 1. The van der Waals surface area contributed by atoms with E-state index in [-0.39, 0.29) is 42.9 Å². The van der Waals surface area contributed by atoms with E-state index in [0.29, 0.717) is 40.1 Å². The summed E-state index contributed by atoms with van der Waals surface area (Å²) in [6.07, 6.45) is -0.992. The smallest absolute Gasteiger partial charge is 0.303 e. The van der Waals surface area contributed by atoms with Gasteiger partial charge in [-0.1, -0.05) is 49.7 Å². The van der Waals surface area contributed by atoms with E-state index in [0.717, 1.165) is 5.56 Å². The number of aromatic nitrogens is 2. The molecular formula is C29H34ClN3O7. The molecular weight excluding hydrogens is 538 g/mol. The summed E-state index contributed by atoms with van der Waals surface area (Å²) in [6.45, 7) is 6.65. The van der Waals surface area contributed by atoms with E-state index in [2.05, 4.69) is 30.9 Å². The SMILES string of the molecule is COc1cccc(C2OC(CCc3noc(CCC(=O)O)n3)C(=O)N(CC(C)(C)C)c3ccc(Cl)cc32)c1OC. The number of carbonyl (C=O) groups excluding carboxylic acids is 1. The van der Waals surface area contributed by atoms with Crippen molar-refractivity contribution in [1.82, 2.24) is 10.1 Å². The highest BCUT2D eigenvalue weighted by Crippen LogP contribution is 2.45. The topological polar surface area (TPSA) is 124 Å². The molecule has 40 heavy (non-hydrogen) atoms. The summed E-state index contributed by atoms with van der Waals surface area (Å²) >= 11 is 6.48. The van der Waals surface area contributed by atoms with Gasteiger partial charge in [0, 0.05) is 41.2 Å². The lowest BCUT2D eigenvalue weighted by atomic mass is 9.94. The van der Waals surface area contributed by atoms with Crippen LogP contribution in [0.5, 0.6) is 11.5 Å². The monoisotopic (exact) mass is 571 g/mol. The van der Waals surface area contributed by atoms with E-state index in [1.165, 1.54) is 0 Å². The second-order valence-corrected chi connectivity index (χ2v) is 11.2. The molecule has 1 aliphatic rings. The molecule has 1 amide bonds.